The summed E-state index contributed by atoms with van der Waals surface area (Å²) < 4.78 is 57.5. The lowest BCUT2D eigenvalue weighted by Gasteiger charge is -2.30. The summed E-state index contributed by atoms with van der Waals surface area (Å²) in [5.41, 5.74) is -2.45. The van der Waals surface area contributed by atoms with Crippen molar-refractivity contribution >= 4 is 52.2 Å². The van der Waals surface area contributed by atoms with E-state index < -0.39 is 49.1 Å². The SMILES string of the molecule is Cc1nc(N(C)C)c2ncn([C@@H]3O[C@](F)(CO[P@@](=S)(N[C@H](C)C(=O)OCC(C)(C)C)Oc4cccc5ccccc45)[C@@H](O)[C@@]3(C)F)c2n1. The van der Waals surface area contributed by atoms with Crippen molar-refractivity contribution < 1.29 is 37.2 Å². The summed E-state index contributed by atoms with van der Waals surface area (Å²) in [5.74, 6) is -2.59. The fourth-order valence-corrected chi connectivity index (χ4v) is 7.62. The molecule has 3 heterocycles. The third-order valence-electron chi connectivity index (χ3n) is 7.68. The van der Waals surface area contributed by atoms with E-state index in [1.54, 1.807) is 38.1 Å². The number of hydrogen-bond acceptors (Lipinski definition) is 11. The Morgan fingerprint density at radius 1 is 1.21 bits per heavy atom. The fourth-order valence-electron chi connectivity index (χ4n) is 5.22. The van der Waals surface area contributed by atoms with Crippen molar-refractivity contribution in [2.24, 2.45) is 5.41 Å². The highest BCUT2D eigenvalue weighted by Gasteiger charge is 2.65. The third kappa shape index (κ3) is 7.31. The van der Waals surface area contributed by atoms with Gasteiger partial charge in [-0.3, -0.25) is 9.36 Å². The first-order valence-electron chi connectivity index (χ1n) is 15.3. The molecule has 0 aliphatic carbocycles. The number of esters is 1. The van der Waals surface area contributed by atoms with Gasteiger partial charge in [-0.25, -0.2) is 28.8 Å². The van der Waals surface area contributed by atoms with Gasteiger partial charge in [0.1, 0.15) is 24.2 Å². The third-order valence-corrected chi connectivity index (χ3v) is 10.1. The molecule has 4 aromatic rings. The number of aliphatic hydroxyl groups excluding tert-OH is 1. The van der Waals surface area contributed by atoms with Gasteiger partial charge >= 0.3 is 12.6 Å². The summed E-state index contributed by atoms with van der Waals surface area (Å²) in [6.45, 7) is 5.18. The topological polar surface area (TPSA) is 133 Å². The van der Waals surface area contributed by atoms with E-state index in [2.05, 4.69) is 20.0 Å². The number of imidazole rings is 1. The first kappa shape index (κ1) is 36.0. The summed E-state index contributed by atoms with van der Waals surface area (Å²) in [6, 6.07) is 11.6. The second-order valence-electron chi connectivity index (χ2n) is 13.5. The summed E-state index contributed by atoms with van der Waals surface area (Å²) >= 11 is 5.82. The minimum absolute atomic E-state index is 0.138. The number of aliphatic hydroxyl groups is 1. The zero-order valence-electron chi connectivity index (χ0n) is 28.1. The number of alkyl halides is 2. The molecule has 2 N–H and O–H groups in total. The number of anilines is 1. The van der Waals surface area contributed by atoms with Crippen LogP contribution in [0.3, 0.4) is 0 Å². The molecule has 0 saturated carbocycles. The van der Waals surface area contributed by atoms with Crippen LogP contribution in [-0.4, -0.2) is 81.6 Å². The van der Waals surface area contributed by atoms with E-state index in [9.17, 15) is 9.90 Å². The lowest BCUT2D eigenvalue weighted by Crippen LogP contribution is -2.47. The predicted molar refractivity (Wildman–Crippen MR) is 182 cm³/mol. The van der Waals surface area contributed by atoms with E-state index in [0.29, 0.717) is 28.3 Å². The van der Waals surface area contributed by atoms with E-state index in [-0.39, 0.29) is 17.7 Å². The number of halogens is 2. The molecule has 1 saturated heterocycles. The van der Waals surface area contributed by atoms with Crippen LogP contribution in [-0.2, 0) is 30.6 Å². The Morgan fingerprint density at radius 3 is 2.58 bits per heavy atom. The minimum atomic E-state index is -3.84. The van der Waals surface area contributed by atoms with Crippen molar-refractivity contribution in [3.8, 4) is 5.75 Å². The highest BCUT2D eigenvalue weighted by molar-refractivity contribution is 8.09. The number of ether oxygens (including phenoxy) is 2. The van der Waals surface area contributed by atoms with E-state index in [4.69, 9.17) is 30.3 Å². The van der Waals surface area contributed by atoms with Gasteiger partial charge in [0.25, 0.3) is 5.85 Å². The largest absolute Gasteiger partial charge is 0.464 e. The molecule has 2 aromatic heterocycles. The standard InChI is InChI=1S/C32H41F2N6O6PS/c1-19(27(41)43-16-30(3,4)5)38-47(48,46-23-15-11-13-21-12-9-10-14-22(21)23)44-17-32(34)28(42)31(6,33)29(45-32)40-18-35-24-25(39(7)8)36-20(2)37-26(24)40/h9-15,18-19,28-29,42H,16-17H2,1-8H3,(H,38,48)/t19-,28+,29-,31-,32-,47+/m1/s1. The summed E-state index contributed by atoms with van der Waals surface area (Å²) in [6.07, 6.45) is -2.78. The molecule has 0 amide bonds. The Morgan fingerprint density at radius 2 is 1.90 bits per heavy atom. The van der Waals surface area contributed by atoms with Gasteiger partial charge in [-0.2, -0.15) is 0 Å². The number of nitrogens with one attached hydrogen (secondary N) is 1. The van der Waals surface area contributed by atoms with Crippen LogP contribution in [0.25, 0.3) is 21.9 Å². The van der Waals surface area contributed by atoms with Crippen LogP contribution in [0.2, 0.25) is 0 Å². The number of nitrogens with zero attached hydrogens (tertiary/aromatic N) is 5. The molecule has 0 spiro atoms. The normalized spacial score (nSPS) is 24.8. The average molecular weight is 707 g/mol. The number of rotatable bonds is 11. The Hall–Kier alpha value is -3.33. The lowest BCUT2D eigenvalue weighted by atomic mass is 9.97. The van der Waals surface area contributed by atoms with E-state index in [1.807, 2.05) is 51.1 Å². The number of hydrogen-bond donors (Lipinski definition) is 2. The minimum Gasteiger partial charge on any atom is -0.464 e. The summed E-state index contributed by atoms with van der Waals surface area (Å²) in [4.78, 5) is 27.8. The van der Waals surface area contributed by atoms with Gasteiger partial charge in [-0.15, -0.1) is 0 Å². The number of aryl methyl sites for hydroxylation is 1. The Bertz CT molecular complexity index is 1860. The number of benzene rings is 2. The van der Waals surface area contributed by atoms with Crippen molar-refractivity contribution in [3.05, 3.63) is 54.6 Å². The molecule has 1 aliphatic rings. The first-order valence-corrected chi connectivity index (χ1v) is 18.0. The molecule has 12 nitrogen and oxygen atoms in total. The zero-order chi connectivity index (χ0) is 35.2. The maximum absolute atomic E-state index is 16.7. The van der Waals surface area contributed by atoms with Gasteiger partial charge in [0.05, 0.1) is 12.9 Å². The molecule has 260 valence electrons. The quantitative estimate of drug-likeness (QED) is 0.150. The van der Waals surface area contributed by atoms with Crippen molar-refractivity contribution in [3.63, 3.8) is 0 Å². The molecule has 48 heavy (non-hydrogen) atoms. The molecule has 0 unspecified atom stereocenters. The van der Waals surface area contributed by atoms with Crippen LogP contribution in [0, 0.1) is 12.3 Å². The van der Waals surface area contributed by atoms with Crippen molar-refractivity contribution in [2.75, 3.05) is 32.2 Å². The van der Waals surface area contributed by atoms with Crippen LogP contribution >= 0.6 is 6.64 Å². The summed E-state index contributed by atoms with van der Waals surface area (Å²) in [5, 5.41) is 15.5. The molecule has 5 rings (SSSR count). The monoisotopic (exact) mass is 706 g/mol. The van der Waals surface area contributed by atoms with E-state index in [1.165, 1.54) is 17.8 Å². The maximum atomic E-state index is 16.7. The number of carbonyl (C=O) groups excluding carboxylic acids is 1. The molecular formula is C32H41F2N6O6PS. The van der Waals surface area contributed by atoms with E-state index >= 15 is 8.78 Å². The van der Waals surface area contributed by atoms with Gasteiger partial charge in [0.15, 0.2) is 35.0 Å². The Labute approximate surface area is 283 Å². The van der Waals surface area contributed by atoms with Crippen LogP contribution in [0.5, 0.6) is 5.75 Å². The predicted octanol–water partition coefficient (Wildman–Crippen LogP) is 5.53. The van der Waals surface area contributed by atoms with Crippen LogP contribution in [0.15, 0.2) is 48.8 Å². The molecule has 2 aromatic carbocycles. The molecule has 1 fully saturated rings. The van der Waals surface area contributed by atoms with E-state index in [0.717, 1.165) is 12.3 Å². The van der Waals surface area contributed by atoms with Crippen LogP contribution < -0.4 is 14.5 Å². The first-order chi connectivity index (χ1) is 22.3. The van der Waals surface area contributed by atoms with Gasteiger partial charge in [-0.05, 0) is 49.4 Å². The van der Waals surface area contributed by atoms with Gasteiger partial charge < -0.3 is 28.5 Å². The van der Waals surface area contributed by atoms with Crippen molar-refractivity contribution in [2.45, 2.75) is 71.4 Å². The van der Waals surface area contributed by atoms with Gasteiger partial charge in [-0.1, -0.05) is 57.2 Å². The van der Waals surface area contributed by atoms with Crippen molar-refractivity contribution in [1.29, 1.82) is 0 Å². The lowest BCUT2D eigenvalue weighted by molar-refractivity contribution is -0.202. The number of carbonyl (C=O) groups is 1. The zero-order valence-corrected chi connectivity index (χ0v) is 29.8. The van der Waals surface area contributed by atoms with Crippen LogP contribution in [0.1, 0.15) is 46.7 Å². The van der Waals surface area contributed by atoms with Gasteiger partial charge in [0.2, 0.25) is 0 Å². The second-order valence-corrected chi connectivity index (χ2v) is 16.6. The highest BCUT2D eigenvalue weighted by Crippen LogP contribution is 2.53. The summed E-state index contributed by atoms with van der Waals surface area (Å²) in [7, 11) is 3.53. The van der Waals surface area contributed by atoms with Gasteiger partial charge in [0, 0.05) is 19.5 Å². The molecule has 1 aliphatic heterocycles. The fraction of sp³-hybridized carbons (Fsp3) is 0.500. The Balaban J connectivity index is 1.45. The smallest absolute Gasteiger partial charge is 0.323 e. The maximum Gasteiger partial charge on any atom is 0.323 e. The molecule has 0 bridgehead atoms. The number of fused-ring (bicyclic) bond motifs is 2. The highest BCUT2D eigenvalue weighted by atomic mass is 32.5. The van der Waals surface area contributed by atoms with Crippen molar-refractivity contribution in [1.82, 2.24) is 24.6 Å². The average Bonchev–Trinajstić information content (AvgIpc) is 3.50. The Kier molecular flexibility index (Phi) is 9.88. The van der Waals surface area contributed by atoms with Crippen LogP contribution in [0.4, 0.5) is 14.6 Å². The molecule has 6 atom stereocenters. The second kappa shape index (κ2) is 13.2. The molecular weight excluding hydrogens is 665 g/mol. The molecule has 0 radical (unpaired) electrons. The molecule has 16 heteroatoms. The number of aromatic nitrogens is 4.